The number of benzene rings is 1. The minimum Gasteiger partial charge on any atom is -0.497 e. The molecule has 2 aliphatic rings. The molecule has 0 saturated carbocycles. The molecule has 0 aliphatic carbocycles. The number of thiocarbonyl (C=S) groups is 1. The zero-order chi connectivity index (χ0) is 22.3. The monoisotopic (exact) mass is 493 g/mol. The van der Waals surface area contributed by atoms with Crippen molar-refractivity contribution in [3.05, 3.63) is 37.7 Å². The molecule has 1 amide bonds. The molecule has 1 saturated heterocycles. The quantitative estimate of drug-likeness (QED) is 0.594. The van der Waals surface area contributed by atoms with E-state index in [4.69, 9.17) is 17.0 Å². The first-order chi connectivity index (χ1) is 14.9. The van der Waals surface area contributed by atoms with Crippen LogP contribution in [0.2, 0.25) is 0 Å². The summed E-state index contributed by atoms with van der Waals surface area (Å²) in [5.74, 6) is 0.679. The lowest BCUT2D eigenvalue weighted by atomic mass is 10.3. The molecule has 0 radical (unpaired) electrons. The molecule has 2 aliphatic heterocycles. The maximum absolute atomic E-state index is 13.3. The van der Waals surface area contributed by atoms with Gasteiger partial charge in [-0.15, -0.1) is 11.3 Å². The second-order valence-electron chi connectivity index (χ2n) is 7.09. The molecule has 4 rings (SSSR count). The number of anilines is 1. The van der Waals surface area contributed by atoms with Crippen molar-refractivity contribution in [3.63, 3.8) is 0 Å². The number of ether oxygens (including phenoxy) is 1. The van der Waals surface area contributed by atoms with Crippen LogP contribution in [0.5, 0.6) is 5.75 Å². The second kappa shape index (κ2) is 9.01. The van der Waals surface area contributed by atoms with Gasteiger partial charge in [-0.25, -0.2) is 0 Å². The van der Waals surface area contributed by atoms with E-state index in [-0.39, 0.29) is 11.5 Å². The van der Waals surface area contributed by atoms with Gasteiger partial charge < -0.3 is 9.64 Å². The van der Waals surface area contributed by atoms with Crippen LogP contribution in [0.3, 0.4) is 0 Å². The van der Waals surface area contributed by atoms with Crippen LogP contribution in [0.1, 0.15) is 26.7 Å². The van der Waals surface area contributed by atoms with Gasteiger partial charge in [0.05, 0.1) is 12.8 Å². The van der Waals surface area contributed by atoms with Gasteiger partial charge in [0.25, 0.3) is 11.5 Å². The van der Waals surface area contributed by atoms with Crippen LogP contribution in [0.25, 0.3) is 9.93 Å². The molecule has 10 heteroatoms. The summed E-state index contributed by atoms with van der Waals surface area (Å²) in [6.45, 7) is 5.12. The first kappa shape index (κ1) is 22.4. The van der Waals surface area contributed by atoms with E-state index in [2.05, 4.69) is 6.92 Å². The van der Waals surface area contributed by atoms with E-state index >= 15 is 0 Å². The summed E-state index contributed by atoms with van der Waals surface area (Å²) in [6.07, 6.45) is 1.89. The molecule has 0 N–H and O–H groups in total. The molecule has 6 nitrogen and oxygen atoms in total. The van der Waals surface area contributed by atoms with Crippen molar-refractivity contribution in [2.24, 2.45) is 0 Å². The van der Waals surface area contributed by atoms with Crippen LogP contribution in [-0.4, -0.2) is 40.4 Å². The summed E-state index contributed by atoms with van der Waals surface area (Å²) < 4.78 is 8.94. The van der Waals surface area contributed by atoms with Crippen LogP contribution in [0, 0.1) is 0 Å². The van der Waals surface area contributed by atoms with E-state index in [1.165, 1.54) is 23.1 Å². The number of methoxy groups -OCH3 is 1. The standard InChI is InChI=1S/C21H23N3O3S4/c1-5-7-10-24-18(26)16(31-21(24)28)20-23(6-2)17(25)15(30-20)19-22(3)13-11-12(27-4)8-9-14(13)29-19/h8-9,11H,5-7,10H2,1-4H3/b19-15-,20-16?. The zero-order valence-corrected chi connectivity index (χ0v) is 21.0. The van der Waals surface area contributed by atoms with Crippen molar-refractivity contribution in [2.75, 3.05) is 25.6 Å². The first-order valence-electron chi connectivity index (χ1n) is 10.0. The SMILES string of the molecule is CCCCN1C(=O)C(=c2s/c(=C3\Sc4ccc(OC)cc4N3C)c(=O)n2CC)SC1=S. The Morgan fingerprint density at radius 1 is 1.16 bits per heavy atom. The minimum atomic E-state index is -0.0936. The molecule has 3 heterocycles. The van der Waals surface area contributed by atoms with Crippen molar-refractivity contribution in [2.45, 2.75) is 38.1 Å². The van der Waals surface area contributed by atoms with Crippen molar-refractivity contribution in [3.8, 4) is 5.75 Å². The van der Waals surface area contributed by atoms with Gasteiger partial charge >= 0.3 is 0 Å². The number of hydrogen-bond acceptors (Lipinski definition) is 8. The van der Waals surface area contributed by atoms with E-state index in [9.17, 15) is 9.59 Å². The normalized spacial score (nSPS) is 19.5. The van der Waals surface area contributed by atoms with Crippen molar-refractivity contribution < 1.29 is 9.53 Å². The van der Waals surface area contributed by atoms with Gasteiger partial charge in [0.2, 0.25) is 0 Å². The number of aromatic nitrogens is 1. The summed E-state index contributed by atoms with van der Waals surface area (Å²) in [5, 5.41) is 0.869. The lowest BCUT2D eigenvalue weighted by molar-refractivity contribution is -0.120. The Morgan fingerprint density at radius 2 is 1.94 bits per heavy atom. The Kier molecular flexibility index (Phi) is 6.52. The molecule has 164 valence electrons. The zero-order valence-electron chi connectivity index (χ0n) is 17.8. The van der Waals surface area contributed by atoms with Gasteiger partial charge in [-0.3, -0.25) is 19.1 Å². The smallest absolute Gasteiger partial charge is 0.271 e. The fraction of sp³-hybridized carbons (Fsp3) is 0.381. The summed E-state index contributed by atoms with van der Waals surface area (Å²) in [7, 11) is 3.59. The number of hydrogen-bond donors (Lipinski definition) is 0. The van der Waals surface area contributed by atoms with Crippen LogP contribution >= 0.6 is 47.1 Å². The number of amides is 1. The van der Waals surface area contributed by atoms with Gasteiger partial charge in [0, 0.05) is 31.1 Å². The van der Waals surface area contributed by atoms with Gasteiger partial charge in [0.15, 0.2) is 0 Å². The third-order valence-corrected chi connectivity index (χ3v) is 9.33. The van der Waals surface area contributed by atoms with E-state index in [0.29, 0.717) is 31.5 Å². The largest absolute Gasteiger partial charge is 0.497 e. The highest BCUT2D eigenvalue weighted by molar-refractivity contribution is 8.30. The fourth-order valence-corrected chi connectivity index (χ4v) is 7.45. The highest BCUT2D eigenvalue weighted by Gasteiger charge is 2.34. The number of fused-ring (bicyclic) bond motifs is 1. The number of unbranched alkanes of at least 4 members (excludes halogenated alkanes) is 1. The molecular weight excluding hydrogens is 471 g/mol. The van der Waals surface area contributed by atoms with Crippen LogP contribution in [-0.2, 0) is 11.3 Å². The van der Waals surface area contributed by atoms with E-state index in [0.717, 1.165) is 34.2 Å². The lowest BCUT2D eigenvalue weighted by Crippen LogP contribution is -2.34. The Balaban J connectivity index is 1.87. The third kappa shape index (κ3) is 3.83. The predicted molar refractivity (Wildman–Crippen MR) is 134 cm³/mol. The number of nitrogens with zero attached hydrogens (tertiary/aromatic N) is 3. The molecular formula is C21H23N3O3S4. The number of rotatable bonds is 5. The van der Waals surface area contributed by atoms with E-state index in [1.807, 2.05) is 37.1 Å². The van der Waals surface area contributed by atoms with Crippen molar-refractivity contribution in [1.82, 2.24) is 9.47 Å². The Labute approximate surface area is 198 Å². The minimum absolute atomic E-state index is 0.0737. The molecule has 1 fully saturated rings. The van der Waals surface area contributed by atoms with E-state index in [1.54, 1.807) is 28.3 Å². The van der Waals surface area contributed by atoms with Gasteiger partial charge in [-0.1, -0.05) is 49.1 Å². The topological polar surface area (TPSA) is 54.8 Å². The summed E-state index contributed by atoms with van der Waals surface area (Å²) >= 11 is 9.70. The maximum Gasteiger partial charge on any atom is 0.271 e. The number of thioether (sulfide) groups is 2. The van der Waals surface area contributed by atoms with E-state index < -0.39 is 0 Å². The Morgan fingerprint density at radius 3 is 2.61 bits per heavy atom. The van der Waals surface area contributed by atoms with Crippen molar-refractivity contribution >= 4 is 72.9 Å². The van der Waals surface area contributed by atoms with Crippen LogP contribution in [0.15, 0.2) is 27.9 Å². The number of thiazole rings is 1. The second-order valence-corrected chi connectivity index (χ2v) is 10.8. The molecule has 1 aromatic heterocycles. The molecule has 0 bridgehead atoms. The lowest BCUT2D eigenvalue weighted by Gasteiger charge is -2.13. The molecule has 0 unspecified atom stereocenters. The van der Waals surface area contributed by atoms with Gasteiger partial charge in [-0.05, 0) is 25.5 Å². The fourth-order valence-electron chi connectivity index (χ4n) is 3.49. The Bertz CT molecular complexity index is 1250. The van der Waals surface area contributed by atoms with Crippen LogP contribution in [0.4, 0.5) is 5.69 Å². The number of carbonyl (C=O) groups excluding carboxylic acids is 1. The molecule has 0 spiro atoms. The molecule has 31 heavy (non-hydrogen) atoms. The molecule has 1 aromatic carbocycles. The van der Waals surface area contributed by atoms with Crippen LogP contribution < -0.4 is 24.4 Å². The number of carbonyl (C=O) groups is 1. The van der Waals surface area contributed by atoms with Gasteiger partial charge in [0.1, 0.15) is 29.2 Å². The summed E-state index contributed by atoms with van der Waals surface area (Å²) in [4.78, 5) is 31.7. The third-order valence-electron chi connectivity index (χ3n) is 5.21. The average Bonchev–Trinajstić information content (AvgIpc) is 3.37. The molecule has 2 aromatic rings. The summed E-state index contributed by atoms with van der Waals surface area (Å²) in [6, 6.07) is 5.89. The first-order valence-corrected chi connectivity index (χ1v) is 12.9. The average molecular weight is 494 g/mol. The summed E-state index contributed by atoms with van der Waals surface area (Å²) in [5.41, 5.74) is 0.929. The highest BCUT2D eigenvalue weighted by atomic mass is 32.2. The molecule has 0 atom stereocenters. The van der Waals surface area contributed by atoms with Crippen molar-refractivity contribution in [1.29, 1.82) is 0 Å². The predicted octanol–water partition coefficient (Wildman–Crippen LogP) is 3.01. The maximum atomic E-state index is 13.3. The van der Waals surface area contributed by atoms with Gasteiger partial charge in [-0.2, -0.15) is 0 Å². The highest BCUT2D eigenvalue weighted by Crippen LogP contribution is 2.46. The Hall–Kier alpha value is -1.75.